The minimum absolute atomic E-state index is 0.135. The average Bonchev–Trinajstić information content (AvgIpc) is 3.27. The summed E-state index contributed by atoms with van der Waals surface area (Å²) in [5.41, 5.74) is 2.03. The van der Waals surface area contributed by atoms with E-state index in [2.05, 4.69) is 5.32 Å². The lowest BCUT2D eigenvalue weighted by molar-refractivity contribution is -0.145. The van der Waals surface area contributed by atoms with Crippen LogP contribution in [-0.2, 0) is 27.3 Å². The third-order valence-corrected chi connectivity index (χ3v) is 5.17. The van der Waals surface area contributed by atoms with Crippen LogP contribution in [0.3, 0.4) is 0 Å². The molecule has 1 aliphatic heterocycles. The third-order valence-electron chi connectivity index (χ3n) is 5.17. The number of amides is 1. The van der Waals surface area contributed by atoms with Gasteiger partial charge in [-0.05, 0) is 48.7 Å². The van der Waals surface area contributed by atoms with E-state index in [0.29, 0.717) is 37.0 Å². The average molecular weight is 416 g/mol. The topological polar surface area (TPSA) is 90.2 Å². The Morgan fingerprint density at radius 1 is 1.23 bits per heavy atom. The van der Waals surface area contributed by atoms with Gasteiger partial charge in [0.1, 0.15) is 5.76 Å². The van der Waals surface area contributed by atoms with E-state index in [1.54, 1.807) is 39.5 Å². The quantitative estimate of drug-likeness (QED) is 0.628. The molecule has 0 saturated heterocycles. The lowest BCUT2D eigenvalue weighted by atomic mass is 9.90. The van der Waals surface area contributed by atoms with E-state index in [-0.39, 0.29) is 30.9 Å². The van der Waals surface area contributed by atoms with Crippen LogP contribution < -0.4 is 14.8 Å². The molecule has 8 nitrogen and oxygen atoms in total. The van der Waals surface area contributed by atoms with Crippen molar-refractivity contribution in [2.45, 2.75) is 32.4 Å². The molecule has 1 aromatic carbocycles. The fourth-order valence-electron chi connectivity index (χ4n) is 3.73. The molecular weight excluding hydrogens is 388 g/mol. The Kier molecular flexibility index (Phi) is 7.35. The van der Waals surface area contributed by atoms with Crippen molar-refractivity contribution in [3.05, 3.63) is 47.4 Å². The monoisotopic (exact) mass is 416 g/mol. The second kappa shape index (κ2) is 10.2. The number of nitrogens with one attached hydrogen (secondary N) is 1. The van der Waals surface area contributed by atoms with Gasteiger partial charge in [-0.25, -0.2) is 0 Å². The first-order valence-corrected chi connectivity index (χ1v) is 9.99. The van der Waals surface area contributed by atoms with Crippen molar-refractivity contribution in [1.82, 2.24) is 10.2 Å². The van der Waals surface area contributed by atoms with Crippen LogP contribution in [0, 0.1) is 0 Å². The smallest absolute Gasteiger partial charge is 0.307 e. The molecule has 0 fully saturated rings. The van der Waals surface area contributed by atoms with Gasteiger partial charge in [0.15, 0.2) is 11.5 Å². The van der Waals surface area contributed by atoms with Crippen LogP contribution in [-0.4, -0.2) is 50.7 Å². The second-order valence-electron chi connectivity index (χ2n) is 7.01. The van der Waals surface area contributed by atoms with Gasteiger partial charge in [0.05, 0.1) is 46.6 Å². The van der Waals surface area contributed by atoms with E-state index >= 15 is 0 Å². The fraction of sp³-hybridized carbons (Fsp3) is 0.455. The summed E-state index contributed by atoms with van der Waals surface area (Å²) >= 11 is 0. The van der Waals surface area contributed by atoms with Gasteiger partial charge in [0.2, 0.25) is 5.91 Å². The van der Waals surface area contributed by atoms with Gasteiger partial charge in [0.25, 0.3) is 0 Å². The molecule has 8 heteroatoms. The molecule has 0 spiro atoms. The first kappa shape index (κ1) is 21.7. The number of ether oxygens (including phenoxy) is 3. The Morgan fingerprint density at radius 3 is 2.67 bits per heavy atom. The first-order valence-electron chi connectivity index (χ1n) is 9.99. The number of methoxy groups -OCH3 is 2. The number of nitrogens with zero attached hydrogens (tertiary/aromatic N) is 1. The lowest BCUT2D eigenvalue weighted by Crippen LogP contribution is -2.43. The minimum atomic E-state index is -0.300. The van der Waals surface area contributed by atoms with Gasteiger partial charge in [-0.15, -0.1) is 0 Å². The maximum Gasteiger partial charge on any atom is 0.307 e. The zero-order valence-electron chi connectivity index (χ0n) is 17.6. The molecule has 1 N–H and O–H groups in total. The molecule has 2 aromatic rings. The van der Waals surface area contributed by atoms with Gasteiger partial charge in [-0.2, -0.15) is 0 Å². The Bertz CT molecular complexity index is 865. The van der Waals surface area contributed by atoms with E-state index in [1.165, 1.54) is 0 Å². The van der Waals surface area contributed by atoms with Crippen LogP contribution in [0.1, 0.15) is 36.3 Å². The fourth-order valence-corrected chi connectivity index (χ4v) is 3.73. The highest BCUT2D eigenvalue weighted by Crippen LogP contribution is 2.39. The summed E-state index contributed by atoms with van der Waals surface area (Å²) < 4.78 is 21.3. The molecule has 0 radical (unpaired) electrons. The molecule has 1 atom stereocenters. The van der Waals surface area contributed by atoms with E-state index in [4.69, 9.17) is 18.6 Å². The molecule has 30 heavy (non-hydrogen) atoms. The van der Waals surface area contributed by atoms with Crippen LogP contribution in [0.25, 0.3) is 0 Å². The van der Waals surface area contributed by atoms with E-state index in [9.17, 15) is 9.59 Å². The number of hydrogen-bond acceptors (Lipinski definition) is 7. The number of carbonyl (C=O) groups is 2. The Balaban J connectivity index is 1.79. The predicted molar refractivity (Wildman–Crippen MR) is 109 cm³/mol. The van der Waals surface area contributed by atoms with Gasteiger partial charge in [-0.3, -0.25) is 14.5 Å². The van der Waals surface area contributed by atoms with Gasteiger partial charge >= 0.3 is 5.97 Å². The number of hydrogen-bond donors (Lipinski definition) is 1. The van der Waals surface area contributed by atoms with E-state index in [1.807, 2.05) is 17.0 Å². The zero-order valence-corrected chi connectivity index (χ0v) is 17.6. The van der Waals surface area contributed by atoms with Crippen molar-refractivity contribution in [3.63, 3.8) is 0 Å². The number of rotatable bonds is 9. The number of esters is 1. The highest BCUT2D eigenvalue weighted by molar-refractivity contribution is 5.78. The van der Waals surface area contributed by atoms with Crippen LogP contribution in [0.15, 0.2) is 34.9 Å². The number of furan rings is 1. The molecule has 3 rings (SSSR count). The van der Waals surface area contributed by atoms with E-state index < -0.39 is 0 Å². The number of benzene rings is 1. The van der Waals surface area contributed by atoms with Crippen molar-refractivity contribution < 1.29 is 28.2 Å². The molecule has 162 valence electrons. The summed E-state index contributed by atoms with van der Waals surface area (Å²) in [5.74, 6) is 1.49. The second-order valence-corrected chi connectivity index (χ2v) is 7.01. The van der Waals surface area contributed by atoms with Crippen molar-refractivity contribution in [1.29, 1.82) is 0 Å². The van der Waals surface area contributed by atoms with Crippen LogP contribution >= 0.6 is 0 Å². The molecule has 1 amide bonds. The first-order chi connectivity index (χ1) is 14.5. The van der Waals surface area contributed by atoms with Crippen molar-refractivity contribution in [3.8, 4) is 11.5 Å². The summed E-state index contributed by atoms with van der Waals surface area (Å²) in [5, 5.41) is 2.86. The summed E-state index contributed by atoms with van der Waals surface area (Å²) in [6.07, 6.45) is 2.46. The summed E-state index contributed by atoms with van der Waals surface area (Å²) in [6.45, 7) is 3.22. The third kappa shape index (κ3) is 5.13. The van der Waals surface area contributed by atoms with Gasteiger partial charge in [0, 0.05) is 12.6 Å². The molecule has 2 heterocycles. The minimum Gasteiger partial charge on any atom is -0.493 e. The maximum atomic E-state index is 12.5. The summed E-state index contributed by atoms with van der Waals surface area (Å²) in [7, 11) is 3.17. The maximum absolute atomic E-state index is 12.5. The molecule has 0 unspecified atom stereocenters. The molecular formula is C22H28N2O6. The predicted octanol–water partition coefficient (Wildman–Crippen LogP) is 2.47. The van der Waals surface area contributed by atoms with Gasteiger partial charge in [-0.1, -0.05) is 0 Å². The molecule has 1 aliphatic rings. The summed E-state index contributed by atoms with van der Waals surface area (Å²) in [6, 6.07) is 7.13. The highest BCUT2D eigenvalue weighted by atomic mass is 16.5. The Morgan fingerprint density at radius 2 is 2.00 bits per heavy atom. The standard InChI is InChI=1S/C22H28N2O6/c1-4-29-22(26)12-18-17-11-20(28-3)19(27-2)10-15(17)7-8-24(18)14-21(25)23-13-16-6-5-9-30-16/h5-6,9-11,18H,4,7-8,12-14H2,1-3H3,(H,23,25)/t18-/m0/s1. The SMILES string of the molecule is CCOC(=O)C[C@H]1c2cc(OC)c(OC)cc2CCN1CC(=O)NCc1ccco1. The van der Waals surface area contributed by atoms with Crippen LogP contribution in [0.5, 0.6) is 11.5 Å². The van der Waals surface area contributed by atoms with Crippen LogP contribution in [0.4, 0.5) is 0 Å². The van der Waals surface area contributed by atoms with Crippen molar-refractivity contribution in [2.75, 3.05) is 33.9 Å². The molecule has 1 aromatic heterocycles. The summed E-state index contributed by atoms with van der Waals surface area (Å²) in [4.78, 5) is 26.8. The Hall–Kier alpha value is -3.00. The van der Waals surface area contributed by atoms with Gasteiger partial charge < -0.3 is 23.9 Å². The van der Waals surface area contributed by atoms with Crippen molar-refractivity contribution in [2.24, 2.45) is 0 Å². The lowest BCUT2D eigenvalue weighted by Gasteiger charge is -2.36. The zero-order chi connectivity index (χ0) is 21.5. The number of carbonyl (C=O) groups excluding carboxylic acids is 2. The molecule has 0 bridgehead atoms. The molecule has 0 saturated carbocycles. The van der Waals surface area contributed by atoms with Crippen molar-refractivity contribution >= 4 is 11.9 Å². The van der Waals surface area contributed by atoms with E-state index in [0.717, 1.165) is 17.5 Å². The number of fused-ring (bicyclic) bond motifs is 1. The normalized spacial score (nSPS) is 15.9. The Labute approximate surface area is 176 Å². The van der Waals surface area contributed by atoms with Crippen LogP contribution in [0.2, 0.25) is 0 Å². The highest BCUT2D eigenvalue weighted by Gasteiger charge is 2.32. The molecule has 0 aliphatic carbocycles. The largest absolute Gasteiger partial charge is 0.493 e.